The summed E-state index contributed by atoms with van der Waals surface area (Å²) >= 11 is 7.14. The van der Waals surface area contributed by atoms with Crippen LogP contribution in [0.15, 0.2) is 60.9 Å². The Labute approximate surface area is 210 Å². The van der Waals surface area contributed by atoms with Crippen LogP contribution in [-0.2, 0) is 11.2 Å². The number of amides is 2. The van der Waals surface area contributed by atoms with Crippen molar-refractivity contribution in [3.05, 3.63) is 76.4 Å². The Kier molecular flexibility index (Phi) is 6.63. The molecule has 1 aliphatic rings. The third kappa shape index (κ3) is 5.43. The van der Waals surface area contributed by atoms with Crippen LogP contribution >= 0.6 is 22.9 Å². The Hall–Kier alpha value is -3.53. The van der Waals surface area contributed by atoms with Crippen molar-refractivity contribution in [3.63, 3.8) is 0 Å². The number of ether oxygens (including phenoxy) is 1. The van der Waals surface area contributed by atoms with E-state index in [1.54, 1.807) is 47.5 Å². The molecule has 8 nitrogen and oxygen atoms in total. The van der Waals surface area contributed by atoms with E-state index in [2.05, 4.69) is 15.3 Å². The van der Waals surface area contributed by atoms with Crippen molar-refractivity contribution in [2.45, 2.75) is 18.9 Å². The summed E-state index contributed by atoms with van der Waals surface area (Å²) in [7, 11) is 0. The van der Waals surface area contributed by atoms with E-state index in [4.69, 9.17) is 16.3 Å². The maximum Gasteiger partial charge on any atom is 0.264 e. The molecular weight excluding hydrogens is 488 g/mol. The topological polar surface area (TPSA) is 105 Å². The molecule has 0 radical (unpaired) electrons. The van der Waals surface area contributed by atoms with E-state index in [9.17, 15) is 14.7 Å². The second kappa shape index (κ2) is 9.99. The molecule has 4 aromatic rings. The number of benzene rings is 1. The molecular formula is C25H21ClN4O4S. The Balaban J connectivity index is 1.26. The molecule has 178 valence electrons. The number of β-amino-alcohol motifs (C(OH)–C–C–N with tert-alkyl or cyclic N) is 1. The molecule has 1 unspecified atom stereocenters. The molecule has 4 heterocycles. The van der Waals surface area contributed by atoms with Gasteiger partial charge >= 0.3 is 0 Å². The van der Waals surface area contributed by atoms with Crippen molar-refractivity contribution in [2.75, 3.05) is 18.4 Å². The number of carbonyl (C=O) groups is 2. The zero-order chi connectivity index (χ0) is 24.4. The first-order valence-corrected chi connectivity index (χ1v) is 12.2. The van der Waals surface area contributed by atoms with Gasteiger partial charge in [-0.15, -0.1) is 11.3 Å². The Morgan fingerprint density at radius 2 is 2.00 bits per heavy atom. The zero-order valence-corrected chi connectivity index (χ0v) is 20.1. The minimum atomic E-state index is -0.464. The fourth-order valence-electron chi connectivity index (χ4n) is 3.81. The molecule has 0 spiro atoms. The van der Waals surface area contributed by atoms with E-state index in [1.807, 2.05) is 12.1 Å². The van der Waals surface area contributed by atoms with Crippen molar-refractivity contribution in [2.24, 2.45) is 0 Å². The number of anilines is 1. The van der Waals surface area contributed by atoms with Gasteiger partial charge in [-0.2, -0.15) is 0 Å². The summed E-state index contributed by atoms with van der Waals surface area (Å²) in [5.74, 6) is 1.35. The number of fused-ring (bicyclic) bond motifs is 1. The van der Waals surface area contributed by atoms with Crippen LogP contribution in [0.25, 0.3) is 10.2 Å². The fraction of sp³-hybridized carbons (Fsp3) is 0.200. The third-order valence-corrected chi connectivity index (χ3v) is 6.90. The third-order valence-electron chi connectivity index (χ3n) is 5.55. The maximum absolute atomic E-state index is 12.8. The molecule has 1 fully saturated rings. The first-order chi connectivity index (χ1) is 16.9. The smallest absolute Gasteiger partial charge is 0.264 e. The number of nitrogens with zero attached hydrogens (tertiary/aromatic N) is 3. The lowest BCUT2D eigenvalue weighted by Crippen LogP contribution is -2.28. The quantitative estimate of drug-likeness (QED) is 0.396. The second-order valence-electron chi connectivity index (χ2n) is 8.16. The van der Waals surface area contributed by atoms with Gasteiger partial charge in [-0.05, 0) is 42.3 Å². The number of aliphatic hydroxyl groups excluding tert-OH is 1. The second-order valence-corrected chi connectivity index (χ2v) is 9.65. The Bertz CT molecular complexity index is 1370. The predicted molar refractivity (Wildman–Crippen MR) is 134 cm³/mol. The summed E-state index contributed by atoms with van der Waals surface area (Å²) in [6, 6.07) is 14.1. The fourth-order valence-corrected chi connectivity index (χ4v) is 4.95. The standard InChI is InChI=1S/C25H21ClN4O4S/c26-16-3-6-22(28-13-16)29-23(32)11-15-1-4-18(5-2-15)34-20-7-9-27-19-12-21(35-24(19)20)25(33)30-10-8-17(31)14-30/h1-7,9,12-13,17,31H,8,10-11,14H2,(H,28,29,32). The van der Waals surface area contributed by atoms with Crippen molar-refractivity contribution >= 4 is 50.8 Å². The number of hydrogen-bond acceptors (Lipinski definition) is 7. The van der Waals surface area contributed by atoms with Gasteiger partial charge in [-0.3, -0.25) is 14.6 Å². The summed E-state index contributed by atoms with van der Waals surface area (Å²) in [4.78, 5) is 35.7. The van der Waals surface area contributed by atoms with Crippen LogP contribution in [0.5, 0.6) is 11.5 Å². The maximum atomic E-state index is 12.8. The molecule has 5 rings (SSSR count). The van der Waals surface area contributed by atoms with E-state index in [0.29, 0.717) is 52.2 Å². The summed E-state index contributed by atoms with van der Waals surface area (Å²) in [5.41, 5.74) is 1.50. The number of aromatic nitrogens is 2. The molecule has 0 saturated carbocycles. The highest BCUT2D eigenvalue weighted by atomic mass is 35.5. The lowest BCUT2D eigenvalue weighted by Gasteiger charge is -2.13. The highest BCUT2D eigenvalue weighted by Gasteiger charge is 2.27. The highest BCUT2D eigenvalue weighted by Crippen LogP contribution is 2.35. The van der Waals surface area contributed by atoms with Gasteiger partial charge in [0.1, 0.15) is 17.3 Å². The lowest BCUT2D eigenvalue weighted by molar-refractivity contribution is -0.115. The number of pyridine rings is 2. The minimum absolute atomic E-state index is 0.105. The van der Waals surface area contributed by atoms with Gasteiger partial charge in [-0.25, -0.2) is 4.98 Å². The number of thiophene rings is 1. The van der Waals surface area contributed by atoms with Gasteiger partial charge in [-0.1, -0.05) is 23.7 Å². The van der Waals surface area contributed by atoms with Gasteiger partial charge < -0.3 is 20.1 Å². The van der Waals surface area contributed by atoms with Gasteiger partial charge in [0, 0.05) is 31.5 Å². The van der Waals surface area contributed by atoms with Gasteiger partial charge in [0.05, 0.1) is 32.6 Å². The normalized spacial score (nSPS) is 15.4. The lowest BCUT2D eigenvalue weighted by atomic mass is 10.1. The van der Waals surface area contributed by atoms with E-state index in [1.165, 1.54) is 17.5 Å². The number of carbonyl (C=O) groups excluding carboxylic acids is 2. The predicted octanol–water partition coefficient (Wildman–Crippen LogP) is 4.53. The van der Waals surface area contributed by atoms with Crippen molar-refractivity contribution in [3.8, 4) is 11.5 Å². The number of nitrogens with one attached hydrogen (secondary N) is 1. The van der Waals surface area contributed by atoms with E-state index in [0.717, 1.165) is 10.3 Å². The molecule has 35 heavy (non-hydrogen) atoms. The van der Waals surface area contributed by atoms with E-state index >= 15 is 0 Å². The van der Waals surface area contributed by atoms with Crippen molar-refractivity contribution < 1.29 is 19.4 Å². The average Bonchev–Trinajstić information content (AvgIpc) is 3.48. The molecule has 2 amide bonds. The molecule has 3 aromatic heterocycles. The minimum Gasteiger partial charge on any atom is -0.456 e. The van der Waals surface area contributed by atoms with Crippen LogP contribution in [0.4, 0.5) is 5.82 Å². The molecule has 1 aliphatic heterocycles. The molecule has 0 aliphatic carbocycles. The van der Waals surface area contributed by atoms with Crippen LogP contribution in [0.1, 0.15) is 21.7 Å². The number of aliphatic hydroxyl groups is 1. The number of halogens is 1. The van der Waals surface area contributed by atoms with Gasteiger partial charge in [0.15, 0.2) is 0 Å². The first-order valence-electron chi connectivity index (χ1n) is 11.0. The molecule has 10 heteroatoms. The van der Waals surface area contributed by atoms with Gasteiger partial charge in [0.25, 0.3) is 5.91 Å². The van der Waals surface area contributed by atoms with Crippen LogP contribution in [0.3, 0.4) is 0 Å². The Morgan fingerprint density at radius 3 is 2.71 bits per heavy atom. The summed E-state index contributed by atoms with van der Waals surface area (Å²) in [6.45, 7) is 0.899. The van der Waals surface area contributed by atoms with Gasteiger partial charge in [0.2, 0.25) is 5.91 Å². The Morgan fingerprint density at radius 1 is 1.17 bits per heavy atom. The molecule has 1 aromatic carbocycles. The molecule has 1 saturated heterocycles. The van der Waals surface area contributed by atoms with E-state index in [-0.39, 0.29) is 18.2 Å². The largest absolute Gasteiger partial charge is 0.456 e. The van der Waals surface area contributed by atoms with Crippen molar-refractivity contribution in [1.29, 1.82) is 0 Å². The zero-order valence-electron chi connectivity index (χ0n) is 18.5. The molecule has 1 atom stereocenters. The molecule has 0 bridgehead atoms. The summed E-state index contributed by atoms with van der Waals surface area (Å²) in [6.07, 6.45) is 3.43. The van der Waals surface area contributed by atoms with E-state index < -0.39 is 6.10 Å². The van der Waals surface area contributed by atoms with Crippen LogP contribution in [0.2, 0.25) is 5.02 Å². The number of hydrogen-bond donors (Lipinski definition) is 2. The monoisotopic (exact) mass is 508 g/mol. The number of rotatable bonds is 6. The summed E-state index contributed by atoms with van der Waals surface area (Å²) in [5, 5.41) is 13.0. The van der Waals surface area contributed by atoms with Crippen molar-refractivity contribution in [1.82, 2.24) is 14.9 Å². The van der Waals surface area contributed by atoms with Crippen LogP contribution in [-0.4, -0.2) is 51.0 Å². The van der Waals surface area contributed by atoms with Crippen LogP contribution in [0, 0.1) is 0 Å². The SMILES string of the molecule is O=C(Cc1ccc(Oc2ccnc3cc(C(=O)N4CCC(O)C4)sc23)cc1)Nc1ccc(Cl)cn1. The summed E-state index contributed by atoms with van der Waals surface area (Å²) < 4.78 is 6.85. The average molecular weight is 509 g/mol. The molecule has 2 N–H and O–H groups in total. The highest BCUT2D eigenvalue weighted by molar-refractivity contribution is 7.21. The number of likely N-dealkylation sites (tertiary alicyclic amines) is 1. The first kappa shape index (κ1) is 23.2. The van der Waals surface area contributed by atoms with Crippen LogP contribution < -0.4 is 10.1 Å².